The van der Waals surface area contributed by atoms with Crippen LogP contribution >= 0.6 is 0 Å². The van der Waals surface area contributed by atoms with Crippen LogP contribution in [-0.2, 0) is 9.63 Å². The van der Waals surface area contributed by atoms with Crippen LogP contribution in [0.3, 0.4) is 0 Å². The standard InChI is InChI=1S/C14H25NO2/c1-3-5-6-7-8-9-10-12-13(11-4-2)14(16)17-15/h4,11-12H,3,5-10,15H2,1-2H3/b11-4+,13-12+. The predicted octanol–water partition coefficient (Wildman–Crippen LogP) is 3.66. The number of unbranched alkanes of at least 4 members (excludes halogenated alkanes) is 6. The molecule has 0 aromatic heterocycles. The first-order valence-electron chi connectivity index (χ1n) is 6.50. The Morgan fingerprint density at radius 1 is 1.18 bits per heavy atom. The lowest BCUT2D eigenvalue weighted by atomic mass is 10.1. The molecule has 3 nitrogen and oxygen atoms in total. The maximum absolute atomic E-state index is 11.2. The Kier molecular flexibility index (Phi) is 10.7. The number of nitrogens with two attached hydrogens (primary N) is 1. The Labute approximate surface area is 105 Å². The highest BCUT2D eigenvalue weighted by Crippen LogP contribution is 2.09. The highest BCUT2D eigenvalue weighted by atomic mass is 16.7. The maximum Gasteiger partial charge on any atom is 0.356 e. The quantitative estimate of drug-likeness (QED) is 0.289. The van der Waals surface area contributed by atoms with Gasteiger partial charge in [0.25, 0.3) is 0 Å². The molecular weight excluding hydrogens is 214 g/mol. The molecule has 3 heteroatoms. The maximum atomic E-state index is 11.2. The zero-order valence-electron chi connectivity index (χ0n) is 11.1. The molecule has 2 N–H and O–H groups in total. The molecule has 0 saturated heterocycles. The van der Waals surface area contributed by atoms with E-state index >= 15 is 0 Å². The molecule has 0 amide bonds. The molecule has 17 heavy (non-hydrogen) atoms. The first-order valence-corrected chi connectivity index (χ1v) is 6.50. The fourth-order valence-electron chi connectivity index (χ4n) is 1.65. The van der Waals surface area contributed by atoms with Gasteiger partial charge in [0.15, 0.2) is 0 Å². The SMILES string of the molecule is C/C=C/C(=C\CCCCCCCC)C(=O)ON. The highest BCUT2D eigenvalue weighted by molar-refractivity contribution is 5.91. The van der Waals surface area contributed by atoms with E-state index in [1.165, 1.54) is 32.1 Å². The molecule has 0 fully saturated rings. The van der Waals surface area contributed by atoms with Gasteiger partial charge in [0.05, 0.1) is 5.57 Å². The van der Waals surface area contributed by atoms with E-state index in [-0.39, 0.29) is 0 Å². The number of rotatable bonds is 9. The van der Waals surface area contributed by atoms with E-state index in [1.807, 2.05) is 19.1 Å². The molecule has 0 heterocycles. The summed E-state index contributed by atoms with van der Waals surface area (Å²) < 4.78 is 0. The summed E-state index contributed by atoms with van der Waals surface area (Å²) in [5.41, 5.74) is 0.545. The third-order valence-corrected chi connectivity index (χ3v) is 2.61. The second-order valence-corrected chi connectivity index (χ2v) is 4.12. The van der Waals surface area contributed by atoms with Crippen LogP contribution in [0.2, 0.25) is 0 Å². The molecule has 0 aliphatic rings. The van der Waals surface area contributed by atoms with Gasteiger partial charge < -0.3 is 4.84 Å². The van der Waals surface area contributed by atoms with Crippen LogP contribution < -0.4 is 5.90 Å². The van der Waals surface area contributed by atoms with Crippen molar-refractivity contribution in [3.63, 3.8) is 0 Å². The average molecular weight is 239 g/mol. The monoisotopic (exact) mass is 239 g/mol. The summed E-state index contributed by atoms with van der Waals surface area (Å²) >= 11 is 0. The van der Waals surface area contributed by atoms with E-state index in [4.69, 9.17) is 5.90 Å². The largest absolute Gasteiger partial charge is 0.370 e. The zero-order chi connectivity index (χ0) is 12.9. The molecule has 0 spiro atoms. The van der Waals surface area contributed by atoms with Crippen molar-refractivity contribution in [2.75, 3.05) is 0 Å². The van der Waals surface area contributed by atoms with E-state index in [0.29, 0.717) is 5.57 Å². The van der Waals surface area contributed by atoms with Gasteiger partial charge in [0.2, 0.25) is 0 Å². The lowest BCUT2D eigenvalue weighted by Crippen LogP contribution is -2.11. The number of hydrogen-bond acceptors (Lipinski definition) is 3. The van der Waals surface area contributed by atoms with Crippen LogP contribution in [-0.4, -0.2) is 5.97 Å². The molecule has 0 aliphatic carbocycles. The van der Waals surface area contributed by atoms with Crippen molar-refractivity contribution < 1.29 is 9.63 Å². The van der Waals surface area contributed by atoms with Crippen molar-refractivity contribution in [2.24, 2.45) is 5.90 Å². The van der Waals surface area contributed by atoms with Gasteiger partial charge in [-0.2, -0.15) is 5.90 Å². The number of allylic oxidation sites excluding steroid dienone is 2. The van der Waals surface area contributed by atoms with Crippen molar-refractivity contribution in [1.82, 2.24) is 0 Å². The molecule has 0 radical (unpaired) electrons. The summed E-state index contributed by atoms with van der Waals surface area (Å²) in [6.07, 6.45) is 13.9. The van der Waals surface area contributed by atoms with Gasteiger partial charge in [-0.05, 0) is 19.8 Å². The van der Waals surface area contributed by atoms with Crippen molar-refractivity contribution >= 4 is 5.97 Å². The van der Waals surface area contributed by atoms with Crippen LogP contribution in [0.15, 0.2) is 23.8 Å². The Balaban J connectivity index is 3.81. The van der Waals surface area contributed by atoms with Crippen molar-refractivity contribution in [1.29, 1.82) is 0 Å². The second kappa shape index (κ2) is 11.4. The van der Waals surface area contributed by atoms with Gasteiger partial charge in [-0.15, -0.1) is 0 Å². The van der Waals surface area contributed by atoms with Crippen molar-refractivity contribution in [3.05, 3.63) is 23.8 Å². The fourth-order valence-corrected chi connectivity index (χ4v) is 1.65. The average Bonchev–Trinajstić information content (AvgIpc) is 2.35. The molecule has 98 valence electrons. The summed E-state index contributed by atoms with van der Waals surface area (Å²) in [6, 6.07) is 0. The number of carbonyl (C=O) groups excluding carboxylic acids is 1. The third-order valence-electron chi connectivity index (χ3n) is 2.61. The minimum atomic E-state index is -0.464. The van der Waals surface area contributed by atoms with Crippen LogP contribution in [0, 0.1) is 0 Å². The first kappa shape index (κ1) is 15.9. The van der Waals surface area contributed by atoms with Crippen LogP contribution in [0.4, 0.5) is 0 Å². The summed E-state index contributed by atoms with van der Waals surface area (Å²) in [7, 11) is 0. The Bertz CT molecular complexity index is 257. The Hall–Kier alpha value is -1.09. The molecule has 0 aliphatic heterocycles. The molecule has 0 aromatic carbocycles. The van der Waals surface area contributed by atoms with Gasteiger partial charge in [0, 0.05) is 0 Å². The number of hydrogen-bond donors (Lipinski definition) is 1. The predicted molar refractivity (Wildman–Crippen MR) is 71.2 cm³/mol. The minimum absolute atomic E-state index is 0.464. The topological polar surface area (TPSA) is 52.3 Å². The van der Waals surface area contributed by atoms with E-state index in [1.54, 1.807) is 6.08 Å². The second-order valence-electron chi connectivity index (χ2n) is 4.12. The molecule has 0 rings (SSSR count). The van der Waals surface area contributed by atoms with Crippen molar-refractivity contribution in [3.8, 4) is 0 Å². The van der Waals surface area contributed by atoms with E-state index in [9.17, 15) is 4.79 Å². The van der Waals surface area contributed by atoms with E-state index in [2.05, 4.69) is 11.8 Å². The summed E-state index contributed by atoms with van der Waals surface area (Å²) in [4.78, 5) is 15.5. The summed E-state index contributed by atoms with van der Waals surface area (Å²) in [5, 5.41) is 0. The van der Waals surface area contributed by atoms with Crippen LogP contribution in [0.25, 0.3) is 0 Å². The third kappa shape index (κ3) is 8.69. The molecule has 0 aromatic rings. The zero-order valence-corrected chi connectivity index (χ0v) is 11.1. The Morgan fingerprint density at radius 2 is 1.82 bits per heavy atom. The van der Waals surface area contributed by atoms with Gasteiger partial charge in [-0.25, -0.2) is 4.79 Å². The van der Waals surface area contributed by atoms with E-state index < -0.39 is 5.97 Å². The minimum Gasteiger partial charge on any atom is -0.370 e. The molecule has 0 saturated carbocycles. The first-order chi connectivity index (χ1) is 8.26. The summed E-state index contributed by atoms with van der Waals surface area (Å²) in [5.74, 6) is 4.40. The fraction of sp³-hybridized carbons (Fsp3) is 0.643. The molecule has 0 atom stereocenters. The molecule has 0 unspecified atom stereocenters. The highest BCUT2D eigenvalue weighted by Gasteiger charge is 2.04. The van der Waals surface area contributed by atoms with Gasteiger partial charge >= 0.3 is 5.97 Å². The summed E-state index contributed by atoms with van der Waals surface area (Å²) in [6.45, 7) is 4.08. The van der Waals surface area contributed by atoms with Gasteiger partial charge in [-0.3, -0.25) is 0 Å². The lowest BCUT2D eigenvalue weighted by molar-refractivity contribution is -0.139. The smallest absolute Gasteiger partial charge is 0.356 e. The van der Waals surface area contributed by atoms with Crippen molar-refractivity contribution in [2.45, 2.75) is 58.8 Å². The number of carbonyl (C=O) groups is 1. The molecule has 0 bridgehead atoms. The van der Waals surface area contributed by atoms with Crippen LogP contribution in [0.5, 0.6) is 0 Å². The Morgan fingerprint density at radius 3 is 2.41 bits per heavy atom. The van der Waals surface area contributed by atoms with Gasteiger partial charge in [-0.1, -0.05) is 57.3 Å². The lowest BCUT2D eigenvalue weighted by Gasteiger charge is -2.00. The van der Waals surface area contributed by atoms with Gasteiger partial charge in [0.1, 0.15) is 0 Å². The van der Waals surface area contributed by atoms with Crippen LogP contribution in [0.1, 0.15) is 58.8 Å². The van der Waals surface area contributed by atoms with E-state index in [0.717, 1.165) is 12.8 Å². The normalized spacial score (nSPS) is 12.1. The molecular formula is C14H25NO2.